The molecule has 20 heavy (non-hydrogen) atoms. The minimum Gasteiger partial charge on any atom is -0.394 e. The standard InChI is InChI=1S/C11H15N5O4/c17-2-5-1-6(18)8(19)11(20-5)16-10-7-9(13-3-12-7)14-4-15-10/h3-6,8,11,17-19H,1-2H2,(H2,12,13,14,15,16)/t5-,6?,8-,11?/m1/s1. The van der Waals surface area contributed by atoms with Crippen LogP contribution in [0.2, 0.25) is 0 Å². The molecule has 0 radical (unpaired) electrons. The molecule has 2 unspecified atom stereocenters. The van der Waals surface area contributed by atoms with Crippen LogP contribution in [0.15, 0.2) is 12.7 Å². The lowest BCUT2D eigenvalue weighted by Gasteiger charge is -2.36. The third-order valence-electron chi connectivity index (χ3n) is 3.25. The van der Waals surface area contributed by atoms with E-state index in [2.05, 4.69) is 25.3 Å². The smallest absolute Gasteiger partial charge is 0.182 e. The van der Waals surface area contributed by atoms with E-state index in [1.165, 1.54) is 12.7 Å². The van der Waals surface area contributed by atoms with Crippen molar-refractivity contribution >= 4 is 17.0 Å². The first kappa shape index (κ1) is 13.2. The predicted octanol–water partition coefficient (Wildman–Crippen LogP) is -1.41. The first-order valence-electron chi connectivity index (χ1n) is 6.22. The fourth-order valence-electron chi connectivity index (χ4n) is 2.20. The van der Waals surface area contributed by atoms with Gasteiger partial charge in [0.15, 0.2) is 17.7 Å². The van der Waals surface area contributed by atoms with Crippen LogP contribution < -0.4 is 5.32 Å². The first-order chi connectivity index (χ1) is 9.69. The summed E-state index contributed by atoms with van der Waals surface area (Å²) in [6.45, 7) is -0.231. The van der Waals surface area contributed by atoms with Gasteiger partial charge in [-0.15, -0.1) is 0 Å². The van der Waals surface area contributed by atoms with Crippen molar-refractivity contribution in [1.82, 2.24) is 19.9 Å². The third kappa shape index (κ3) is 2.31. The van der Waals surface area contributed by atoms with Crippen LogP contribution in [0.5, 0.6) is 0 Å². The fraction of sp³-hybridized carbons (Fsp3) is 0.545. The Morgan fingerprint density at radius 1 is 1.35 bits per heavy atom. The number of hydrogen-bond acceptors (Lipinski definition) is 8. The number of rotatable bonds is 3. The third-order valence-corrected chi connectivity index (χ3v) is 3.25. The summed E-state index contributed by atoms with van der Waals surface area (Å²) in [6, 6.07) is 0. The van der Waals surface area contributed by atoms with E-state index in [1.54, 1.807) is 0 Å². The molecule has 0 spiro atoms. The molecule has 1 aliphatic rings. The van der Waals surface area contributed by atoms with Gasteiger partial charge in [-0.1, -0.05) is 0 Å². The molecule has 0 aromatic carbocycles. The van der Waals surface area contributed by atoms with Crippen LogP contribution in [-0.4, -0.2) is 66.4 Å². The maximum Gasteiger partial charge on any atom is 0.182 e. The second-order valence-electron chi connectivity index (χ2n) is 4.62. The van der Waals surface area contributed by atoms with Gasteiger partial charge in [0.1, 0.15) is 17.9 Å². The Hall–Kier alpha value is -1.81. The first-order valence-corrected chi connectivity index (χ1v) is 6.22. The van der Waals surface area contributed by atoms with E-state index in [4.69, 9.17) is 9.84 Å². The van der Waals surface area contributed by atoms with E-state index in [9.17, 15) is 10.2 Å². The number of aliphatic hydroxyl groups is 3. The van der Waals surface area contributed by atoms with Crippen LogP contribution in [0.3, 0.4) is 0 Å². The van der Waals surface area contributed by atoms with E-state index in [-0.39, 0.29) is 13.0 Å². The van der Waals surface area contributed by atoms with Crippen molar-refractivity contribution in [2.24, 2.45) is 0 Å². The molecule has 9 heteroatoms. The Labute approximate surface area is 113 Å². The van der Waals surface area contributed by atoms with Gasteiger partial charge in [0.2, 0.25) is 0 Å². The van der Waals surface area contributed by atoms with Crippen molar-refractivity contribution < 1.29 is 20.1 Å². The molecule has 3 rings (SSSR count). The zero-order valence-electron chi connectivity index (χ0n) is 10.5. The second kappa shape index (κ2) is 5.29. The van der Waals surface area contributed by atoms with Crippen molar-refractivity contribution in [2.75, 3.05) is 11.9 Å². The number of aliphatic hydroxyl groups excluding tert-OH is 3. The molecular formula is C11H15N5O4. The van der Waals surface area contributed by atoms with Crippen LogP contribution in [-0.2, 0) is 4.74 Å². The Morgan fingerprint density at radius 3 is 3.00 bits per heavy atom. The number of aromatic nitrogens is 4. The van der Waals surface area contributed by atoms with Crippen molar-refractivity contribution in [3.05, 3.63) is 12.7 Å². The number of aromatic amines is 1. The van der Waals surface area contributed by atoms with Crippen molar-refractivity contribution in [1.29, 1.82) is 0 Å². The number of ether oxygens (including phenoxy) is 1. The summed E-state index contributed by atoms with van der Waals surface area (Å²) in [7, 11) is 0. The average Bonchev–Trinajstić information content (AvgIpc) is 2.93. The van der Waals surface area contributed by atoms with Gasteiger partial charge in [0, 0.05) is 6.42 Å². The van der Waals surface area contributed by atoms with Gasteiger partial charge in [-0.05, 0) is 0 Å². The Balaban J connectivity index is 1.84. The summed E-state index contributed by atoms with van der Waals surface area (Å²) in [5.41, 5.74) is 1.05. The Bertz CT molecular complexity index is 591. The quantitative estimate of drug-likeness (QED) is 0.463. The van der Waals surface area contributed by atoms with Crippen LogP contribution in [0.1, 0.15) is 6.42 Å². The number of nitrogens with zero attached hydrogens (tertiary/aromatic N) is 3. The van der Waals surface area contributed by atoms with Crippen LogP contribution in [0.4, 0.5) is 5.82 Å². The molecule has 1 fully saturated rings. The largest absolute Gasteiger partial charge is 0.394 e. The number of imidazole rings is 1. The molecule has 0 aliphatic carbocycles. The van der Waals surface area contributed by atoms with E-state index in [0.717, 1.165) is 0 Å². The van der Waals surface area contributed by atoms with Crippen LogP contribution in [0.25, 0.3) is 11.2 Å². The minimum absolute atomic E-state index is 0.180. The second-order valence-corrected chi connectivity index (χ2v) is 4.62. The summed E-state index contributed by atoms with van der Waals surface area (Å²) in [5, 5.41) is 31.7. The summed E-state index contributed by atoms with van der Waals surface area (Å²) in [4.78, 5) is 14.9. The molecule has 0 saturated carbocycles. The van der Waals surface area contributed by atoms with E-state index >= 15 is 0 Å². The zero-order chi connectivity index (χ0) is 14.1. The lowest BCUT2D eigenvalue weighted by molar-refractivity contribution is -0.166. The number of hydrogen-bond donors (Lipinski definition) is 5. The number of fused-ring (bicyclic) bond motifs is 1. The van der Waals surface area contributed by atoms with Crippen LogP contribution >= 0.6 is 0 Å². The predicted molar refractivity (Wildman–Crippen MR) is 67.7 cm³/mol. The van der Waals surface area contributed by atoms with Gasteiger partial charge in [0.25, 0.3) is 0 Å². The molecule has 108 valence electrons. The highest BCUT2D eigenvalue weighted by molar-refractivity contribution is 5.81. The highest BCUT2D eigenvalue weighted by Gasteiger charge is 2.36. The molecule has 1 aliphatic heterocycles. The summed E-state index contributed by atoms with van der Waals surface area (Å²) in [5.74, 6) is 0.405. The van der Waals surface area contributed by atoms with Crippen molar-refractivity contribution in [3.63, 3.8) is 0 Å². The normalized spacial score (nSPS) is 30.6. The molecule has 0 amide bonds. The zero-order valence-corrected chi connectivity index (χ0v) is 10.5. The molecule has 3 heterocycles. The lowest BCUT2D eigenvalue weighted by atomic mass is 10.0. The molecule has 1 saturated heterocycles. The van der Waals surface area contributed by atoms with E-state index in [1.807, 2.05) is 0 Å². The molecule has 2 aromatic heterocycles. The summed E-state index contributed by atoms with van der Waals surface area (Å²) in [6.07, 6.45) is -0.515. The minimum atomic E-state index is -1.12. The average molecular weight is 281 g/mol. The van der Waals surface area contributed by atoms with E-state index in [0.29, 0.717) is 17.0 Å². The lowest BCUT2D eigenvalue weighted by Crippen LogP contribution is -2.52. The van der Waals surface area contributed by atoms with Gasteiger partial charge in [-0.3, -0.25) is 0 Å². The Morgan fingerprint density at radius 2 is 2.20 bits per heavy atom. The molecule has 4 atom stereocenters. The van der Waals surface area contributed by atoms with Gasteiger partial charge in [-0.2, -0.15) is 0 Å². The highest BCUT2D eigenvalue weighted by Crippen LogP contribution is 2.23. The maximum atomic E-state index is 9.95. The molecule has 9 nitrogen and oxygen atoms in total. The van der Waals surface area contributed by atoms with Gasteiger partial charge < -0.3 is 30.4 Å². The van der Waals surface area contributed by atoms with Crippen molar-refractivity contribution in [2.45, 2.75) is 31.0 Å². The van der Waals surface area contributed by atoms with Gasteiger partial charge in [0.05, 0.1) is 25.1 Å². The molecule has 2 aromatic rings. The monoisotopic (exact) mass is 281 g/mol. The number of anilines is 1. The maximum absolute atomic E-state index is 9.95. The summed E-state index contributed by atoms with van der Waals surface area (Å²) >= 11 is 0. The van der Waals surface area contributed by atoms with Gasteiger partial charge in [-0.25, -0.2) is 15.0 Å². The molecule has 0 bridgehead atoms. The van der Waals surface area contributed by atoms with Crippen LogP contribution in [0, 0.1) is 0 Å². The SMILES string of the molecule is OC[C@H]1CC(O)[C@@H](O)C(Nc2ncnc3nc[nH]c23)O1. The topological polar surface area (TPSA) is 136 Å². The van der Waals surface area contributed by atoms with Gasteiger partial charge >= 0.3 is 0 Å². The summed E-state index contributed by atoms with van der Waals surface area (Å²) < 4.78 is 5.48. The number of H-pyrrole nitrogens is 1. The Kier molecular flexibility index (Phi) is 3.49. The fourth-order valence-corrected chi connectivity index (χ4v) is 2.20. The molecular weight excluding hydrogens is 266 g/mol. The molecule has 5 N–H and O–H groups in total. The van der Waals surface area contributed by atoms with Crippen molar-refractivity contribution in [3.8, 4) is 0 Å². The highest BCUT2D eigenvalue weighted by atomic mass is 16.5. The van der Waals surface area contributed by atoms with E-state index < -0.39 is 24.5 Å². The number of nitrogens with one attached hydrogen (secondary N) is 2.